The second-order valence-corrected chi connectivity index (χ2v) is 8.90. The Hall–Kier alpha value is -2.64. The number of hydrogen-bond acceptors (Lipinski definition) is 4. The van der Waals surface area contributed by atoms with Gasteiger partial charge in [0.15, 0.2) is 0 Å². The van der Waals surface area contributed by atoms with Gasteiger partial charge in [0.2, 0.25) is 0 Å². The van der Waals surface area contributed by atoms with E-state index in [1.807, 2.05) is 30.5 Å². The highest BCUT2D eigenvalue weighted by atomic mass is 32.2. The van der Waals surface area contributed by atoms with Crippen LogP contribution in [0.1, 0.15) is 26.4 Å². The van der Waals surface area contributed by atoms with Crippen molar-refractivity contribution < 1.29 is 13.2 Å². The molecule has 0 unspecified atom stereocenters. The molecule has 0 radical (unpaired) electrons. The Labute approximate surface area is 163 Å². The number of nitrogens with one attached hydrogen (secondary N) is 2. The zero-order valence-electron chi connectivity index (χ0n) is 15.0. The van der Waals surface area contributed by atoms with E-state index in [1.165, 1.54) is 6.07 Å². The lowest BCUT2D eigenvalue weighted by atomic mass is 10.2. The number of sulfonamides is 1. The Balaban J connectivity index is 1.77. The summed E-state index contributed by atoms with van der Waals surface area (Å²) in [6, 6.07) is 15.6. The number of benzene rings is 2. The van der Waals surface area contributed by atoms with Crippen LogP contribution in [-0.4, -0.2) is 14.3 Å². The van der Waals surface area contributed by atoms with E-state index in [2.05, 4.69) is 10.0 Å². The van der Waals surface area contributed by atoms with Gasteiger partial charge < -0.3 is 5.32 Å². The van der Waals surface area contributed by atoms with Crippen LogP contribution < -0.4 is 10.0 Å². The lowest BCUT2D eigenvalue weighted by Gasteiger charge is -2.12. The van der Waals surface area contributed by atoms with Gasteiger partial charge in [-0.15, -0.1) is 11.3 Å². The molecule has 2 aromatic carbocycles. The molecule has 0 aliphatic rings. The van der Waals surface area contributed by atoms with Crippen molar-refractivity contribution in [2.24, 2.45) is 0 Å². The van der Waals surface area contributed by atoms with Crippen LogP contribution in [0, 0.1) is 13.8 Å². The fourth-order valence-electron chi connectivity index (χ4n) is 2.61. The van der Waals surface area contributed by atoms with E-state index in [1.54, 1.807) is 48.6 Å². The Morgan fingerprint density at radius 3 is 2.59 bits per heavy atom. The highest BCUT2D eigenvalue weighted by Crippen LogP contribution is 2.21. The lowest BCUT2D eigenvalue weighted by molar-refractivity contribution is 0.0951. The molecule has 0 aliphatic carbocycles. The topological polar surface area (TPSA) is 75.3 Å². The number of aryl methyl sites for hydroxylation is 2. The summed E-state index contributed by atoms with van der Waals surface area (Å²) in [7, 11) is -3.74. The van der Waals surface area contributed by atoms with Crippen LogP contribution in [-0.2, 0) is 16.6 Å². The Morgan fingerprint density at radius 2 is 1.85 bits per heavy atom. The summed E-state index contributed by atoms with van der Waals surface area (Å²) in [6.07, 6.45) is 0. The molecule has 7 heteroatoms. The van der Waals surface area contributed by atoms with Crippen LogP contribution in [0.25, 0.3) is 0 Å². The van der Waals surface area contributed by atoms with E-state index in [0.29, 0.717) is 23.4 Å². The summed E-state index contributed by atoms with van der Waals surface area (Å²) < 4.78 is 28.0. The van der Waals surface area contributed by atoms with E-state index < -0.39 is 10.0 Å². The van der Waals surface area contributed by atoms with Crippen molar-refractivity contribution in [2.75, 3.05) is 4.72 Å². The number of anilines is 1. The number of hydrogen-bond donors (Lipinski definition) is 2. The molecule has 2 N–H and O–H groups in total. The average molecular weight is 401 g/mol. The second-order valence-electron chi connectivity index (χ2n) is 6.22. The van der Waals surface area contributed by atoms with E-state index in [0.717, 1.165) is 10.4 Å². The van der Waals surface area contributed by atoms with Crippen molar-refractivity contribution in [3.63, 3.8) is 0 Å². The summed E-state index contributed by atoms with van der Waals surface area (Å²) in [5, 5.41) is 4.78. The number of amides is 1. The molecule has 0 fully saturated rings. The van der Waals surface area contributed by atoms with Gasteiger partial charge in [0, 0.05) is 16.1 Å². The zero-order chi connectivity index (χ0) is 19.4. The molecule has 1 heterocycles. The van der Waals surface area contributed by atoms with Crippen LogP contribution in [0.15, 0.2) is 64.9 Å². The largest absolute Gasteiger partial charge is 0.347 e. The molecule has 1 amide bonds. The standard InChI is InChI=1S/C20H20N2O3S2/c1-14-8-9-15(2)19(11-14)27(24,25)22-17-6-3-5-16(12-17)20(23)21-13-18-7-4-10-26-18/h3-12,22H,13H2,1-2H3,(H,21,23). The SMILES string of the molecule is Cc1ccc(C)c(S(=O)(=O)Nc2cccc(C(=O)NCc3cccs3)c2)c1. The van der Waals surface area contributed by atoms with Crippen LogP contribution in [0.5, 0.6) is 0 Å². The molecule has 0 spiro atoms. The van der Waals surface area contributed by atoms with Gasteiger partial charge in [-0.3, -0.25) is 9.52 Å². The summed E-state index contributed by atoms with van der Waals surface area (Å²) in [4.78, 5) is 13.6. The molecule has 140 valence electrons. The minimum absolute atomic E-state index is 0.232. The lowest BCUT2D eigenvalue weighted by Crippen LogP contribution is -2.22. The van der Waals surface area contributed by atoms with Crippen LogP contribution in [0.3, 0.4) is 0 Å². The quantitative estimate of drug-likeness (QED) is 0.654. The predicted octanol–water partition coefficient (Wildman–Crippen LogP) is 4.10. The van der Waals surface area contributed by atoms with E-state index >= 15 is 0 Å². The zero-order valence-corrected chi connectivity index (χ0v) is 16.7. The molecular formula is C20H20N2O3S2. The third-order valence-electron chi connectivity index (χ3n) is 4.01. The second kappa shape index (κ2) is 7.94. The molecule has 3 aromatic rings. The van der Waals surface area contributed by atoms with E-state index in [4.69, 9.17) is 0 Å². The number of thiophene rings is 1. The van der Waals surface area contributed by atoms with Gasteiger partial charge in [0.1, 0.15) is 0 Å². The van der Waals surface area contributed by atoms with Crippen LogP contribution in [0.2, 0.25) is 0 Å². The first-order valence-electron chi connectivity index (χ1n) is 8.36. The predicted molar refractivity (Wildman–Crippen MR) is 109 cm³/mol. The minimum atomic E-state index is -3.74. The first-order valence-corrected chi connectivity index (χ1v) is 10.7. The van der Waals surface area contributed by atoms with Crippen molar-refractivity contribution >= 4 is 33.0 Å². The monoisotopic (exact) mass is 400 g/mol. The number of carbonyl (C=O) groups excluding carboxylic acids is 1. The Kier molecular flexibility index (Phi) is 5.62. The molecule has 0 aliphatic heterocycles. The van der Waals surface area contributed by atoms with Gasteiger partial charge in [-0.1, -0.05) is 24.3 Å². The molecule has 0 atom stereocenters. The maximum atomic E-state index is 12.7. The molecule has 0 bridgehead atoms. The maximum Gasteiger partial charge on any atom is 0.262 e. The molecule has 0 saturated heterocycles. The summed E-state index contributed by atoms with van der Waals surface area (Å²) in [5.74, 6) is -0.254. The molecule has 3 rings (SSSR count). The highest BCUT2D eigenvalue weighted by Gasteiger charge is 2.18. The van der Waals surface area contributed by atoms with Gasteiger partial charge in [-0.05, 0) is 60.7 Å². The van der Waals surface area contributed by atoms with Crippen molar-refractivity contribution in [1.82, 2.24) is 5.32 Å². The summed E-state index contributed by atoms with van der Waals surface area (Å²) in [5.41, 5.74) is 2.27. The first kappa shape index (κ1) is 19.1. The third kappa shape index (κ3) is 4.75. The summed E-state index contributed by atoms with van der Waals surface area (Å²) in [6.45, 7) is 4.04. The maximum absolute atomic E-state index is 12.7. The smallest absolute Gasteiger partial charge is 0.262 e. The van der Waals surface area contributed by atoms with Gasteiger partial charge in [0.25, 0.3) is 15.9 Å². The minimum Gasteiger partial charge on any atom is -0.347 e. The highest BCUT2D eigenvalue weighted by molar-refractivity contribution is 7.92. The van der Waals surface area contributed by atoms with Gasteiger partial charge >= 0.3 is 0 Å². The number of rotatable bonds is 6. The van der Waals surface area contributed by atoms with Crippen molar-refractivity contribution in [3.8, 4) is 0 Å². The molecule has 5 nitrogen and oxygen atoms in total. The van der Waals surface area contributed by atoms with Crippen LogP contribution in [0.4, 0.5) is 5.69 Å². The fourth-order valence-corrected chi connectivity index (χ4v) is 4.64. The van der Waals surface area contributed by atoms with E-state index in [-0.39, 0.29) is 10.8 Å². The van der Waals surface area contributed by atoms with Crippen molar-refractivity contribution in [3.05, 3.63) is 81.5 Å². The Bertz CT molecular complexity index is 1060. The van der Waals surface area contributed by atoms with E-state index in [9.17, 15) is 13.2 Å². The first-order chi connectivity index (χ1) is 12.8. The third-order valence-corrected chi connectivity index (χ3v) is 6.41. The van der Waals surface area contributed by atoms with Crippen LogP contribution >= 0.6 is 11.3 Å². The molecule has 27 heavy (non-hydrogen) atoms. The average Bonchev–Trinajstić information content (AvgIpc) is 3.15. The molecule has 1 aromatic heterocycles. The van der Waals surface area contributed by atoms with Gasteiger partial charge in [-0.25, -0.2) is 8.42 Å². The molecular weight excluding hydrogens is 380 g/mol. The normalized spacial score (nSPS) is 11.2. The fraction of sp³-hybridized carbons (Fsp3) is 0.150. The van der Waals surface area contributed by atoms with Gasteiger partial charge in [-0.2, -0.15) is 0 Å². The summed E-state index contributed by atoms with van der Waals surface area (Å²) >= 11 is 1.56. The van der Waals surface area contributed by atoms with Crippen molar-refractivity contribution in [2.45, 2.75) is 25.3 Å². The number of carbonyl (C=O) groups is 1. The van der Waals surface area contributed by atoms with Gasteiger partial charge in [0.05, 0.1) is 11.4 Å². The van der Waals surface area contributed by atoms with Crippen molar-refractivity contribution in [1.29, 1.82) is 0 Å². The Morgan fingerprint density at radius 1 is 1.04 bits per heavy atom. The molecule has 0 saturated carbocycles.